The van der Waals surface area contributed by atoms with Gasteiger partial charge in [0.2, 0.25) is 0 Å². The van der Waals surface area contributed by atoms with Crippen LogP contribution < -0.4 is 5.73 Å². The number of anilines is 1. The van der Waals surface area contributed by atoms with Crippen LogP contribution in [0.25, 0.3) is 0 Å². The topological polar surface area (TPSA) is 66.6 Å². The van der Waals surface area contributed by atoms with Crippen LogP contribution in [0.4, 0.5) is 5.69 Å². The van der Waals surface area contributed by atoms with Crippen molar-refractivity contribution in [3.63, 3.8) is 0 Å². The molecule has 0 saturated carbocycles. The highest BCUT2D eigenvalue weighted by molar-refractivity contribution is 5.95. The van der Waals surface area contributed by atoms with E-state index in [2.05, 4.69) is 0 Å². The minimum Gasteiger partial charge on any atom is -0.399 e. The number of aryl methyl sites for hydroxylation is 1. The number of piperidine rings is 1. The third-order valence-corrected chi connectivity index (χ3v) is 3.64. The zero-order chi connectivity index (χ0) is 13.3. The zero-order valence-corrected chi connectivity index (χ0v) is 10.9. The molecule has 1 aromatic carbocycles. The molecule has 1 aliphatic rings. The van der Waals surface area contributed by atoms with Crippen molar-refractivity contribution in [2.45, 2.75) is 32.3 Å². The Morgan fingerprint density at radius 1 is 1.39 bits per heavy atom. The first kappa shape index (κ1) is 12.9. The molecule has 0 unspecified atom stereocenters. The van der Waals surface area contributed by atoms with Crippen LogP contribution in [0.15, 0.2) is 18.2 Å². The molecule has 98 valence electrons. The summed E-state index contributed by atoms with van der Waals surface area (Å²) in [7, 11) is 0. The van der Waals surface area contributed by atoms with E-state index in [1.165, 1.54) is 0 Å². The van der Waals surface area contributed by atoms with Gasteiger partial charge in [-0.1, -0.05) is 0 Å². The summed E-state index contributed by atoms with van der Waals surface area (Å²) in [6.07, 6.45) is 1.26. The lowest BCUT2D eigenvalue weighted by Crippen LogP contribution is -2.45. The van der Waals surface area contributed by atoms with Gasteiger partial charge in [0.05, 0.1) is 5.60 Å². The number of carbonyl (C=O) groups excluding carboxylic acids is 1. The molecule has 0 atom stereocenters. The van der Waals surface area contributed by atoms with Crippen molar-refractivity contribution in [3.8, 4) is 0 Å². The second-order valence-electron chi connectivity index (χ2n) is 5.36. The van der Waals surface area contributed by atoms with Crippen molar-refractivity contribution in [3.05, 3.63) is 29.3 Å². The largest absolute Gasteiger partial charge is 0.399 e. The maximum absolute atomic E-state index is 12.3. The van der Waals surface area contributed by atoms with Crippen molar-refractivity contribution in [1.29, 1.82) is 0 Å². The molecule has 1 aromatic rings. The Morgan fingerprint density at radius 2 is 2.00 bits per heavy atom. The quantitative estimate of drug-likeness (QED) is 0.741. The van der Waals surface area contributed by atoms with Gasteiger partial charge in [0.15, 0.2) is 0 Å². The number of amides is 1. The van der Waals surface area contributed by atoms with Gasteiger partial charge < -0.3 is 15.7 Å². The molecule has 3 N–H and O–H groups in total. The smallest absolute Gasteiger partial charge is 0.253 e. The molecule has 0 spiro atoms. The molecule has 4 nitrogen and oxygen atoms in total. The SMILES string of the molecule is Cc1cc(C(=O)N2CCC(C)(O)CC2)ccc1N. The lowest BCUT2D eigenvalue weighted by atomic mass is 9.93. The van der Waals surface area contributed by atoms with Crippen LogP contribution in [0.3, 0.4) is 0 Å². The van der Waals surface area contributed by atoms with Gasteiger partial charge >= 0.3 is 0 Å². The number of carbonyl (C=O) groups is 1. The number of nitrogens with zero attached hydrogens (tertiary/aromatic N) is 1. The summed E-state index contributed by atoms with van der Waals surface area (Å²) in [5.41, 5.74) is 7.41. The maximum Gasteiger partial charge on any atom is 0.253 e. The number of nitrogen functional groups attached to an aromatic ring is 1. The van der Waals surface area contributed by atoms with Crippen LogP contribution >= 0.6 is 0 Å². The maximum atomic E-state index is 12.3. The second kappa shape index (κ2) is 4.61. The van der Waals surface area contributed by atoms with E-state index in [1.54, 1.807) is 17.0 Å². The van der Waals surface area contributed by atoms with E-state index in [0.717, 1.165) is 5.56 Å². The van der Waals surface area contributed by atoms with Crippen molar-refractivity contribution in [2.24, 2.45) is 0 Å². The average molecular weight is 248 g/mol. The molecule has 1 fully saturated rings. The number of likely N-dealkylation sites (tertiary alicyclic amines) is 1. The molecule has 18 heavy (non-hydrogen) atoms. The Balaban J connectivity index is 2.10. The first-order chi connectivity index (χ1) is 8.39. The van der Waals surface area contributed by atoms with E-state index in [9.17, 15) is 9.90 Å². The van der Waals surface area contributed by atoms with Gasteiger partial charge in [0.1, 0.15) is 0 Å². The Bertz CT molecular complexity index is 459. The third-order valence-electron chi connectivity index (χ3n) is 3.64. The fraction of sp³-hybridized carbons (Fsp3) is 0.500. The Labute approximate surface area is 107 Å². The van der Waals surface area contributed by atoms with Crippen LogP contribution in [0.1, 0.15) is 35.7 Å². The fourth-order valence-electron chi connectivity index (χ4n) is 2.18. The molecule has 0 bridgehead atoms. The molecular weight excluding hydrogens is 228 g/mol. The van der Waals surface area contributed by atoms with E-state index in [4.69, 9.17) is 5.73 Å². The summed E-state index contributed by atoms with van der Waals surface area (Å²) in [4.78, 5) is 14.1. The molecule has 1 amide bonds. The van der Waals surface area contributed by atoms with Gasteiger partial charge in [-0.2, -0.15) is 0 Å². The molecule has 1 heterocycles. The van der Waals surface area contributed by atoms with Crippen LogP contribution in [0.5, 0.6) is 0 Å². The number of hydrogen-bond donors (Lipinski definition) is 2. The van der Waals surface area contributed by atoms with E-state index < -0.39 is 5.60 Å². The fourth-order valence-corrected chi connectivity index (χ4v) is 2.18. The number of benzene rings is 1. The van der Waals surface area contributed by atoms with Crippen molar-refractivity contribution in [2.75, 3.05) is 18.8 Å². The van der Waals surface area contributed by atoms with Gasteiger partial charge in [-0.25, -0.2) is 0 Å². The van der Waals surface area contributed by atoms with Crippen LogP contribution in [-0.4, -0.2) is 34.6 Å². The lowest BCUT2D eigenvalue weighted by Gasteiger charge is -2.35. The second-order valence-corrected chi connectivity index (χ2v) is 5.36. The van der Waals surface area contributed by atoms with Crippen LogP contribution in [-0.2, 0) is 0 Å². The third kappa shape index (κ3) is 2.64. The highest BCUT2D eigenvalue weighted by Gasteiger charge is 2.29. The van der Waals surface area contributed by atoms with Crippen LogP contribution in [0, 0.1) is 6.92 Å². The highest BCUT2D eigenvalue weighted by Crippen LogP contribution is 2.23. The predicted octanol–water partition coefficient (Wildman–Crippen LogP) is 1.56. The first-order valence-electron chi connectivity index (χ1n) is 6.27. The lowest BCUT2D eigenvalue weighted by molar-refractivity contribution is -0.00202. The van der Waals surface area contributed by atoms with E-state index >= 15 is 0 Å². The number of nitrogens with two attached hydrogens (primary N) is 1. The normalized spacial score (nSPS) is 18.7. The molecule has 0 radical (unpaired) electrons. The van der Waals surface area contributed by atoms with Gasteiger partial charge in [0.25, 0.3) is 5.91 Å². The van der Waals surface area contributed by atoms with Crippen molar-refractivity contribution < 1.29 is 9.90 Å². The van der Waals surface area contributed by atoms with Crippen molar-refractivity contribution in [1.82, 2.24) is 4.90 Å². The Morgan fingerprint density at radius 3 is 2.56 bits per heavy atom. The van der Waals surface area contributed by atoms with E-state index in [0.29, 0.717) is 37.2 Å². The molecule has 0 aromatic heterocycles. The first-order valence-corrected chi connectivity index (χ1v) is 6.27. The Hall–Kier alpha value is -1.55. The average Bonchev–Trinajstić information content (AvgIpc) is 2.32. The molecule has 4 heteroatoms. The molecule has 1 saturated heterocycles. The summed E-state index contributed by atoms with van der Waals surface area (Å²) in [5.74, 6) is 0.0219. The zero-order valence-electron chi connectivity index (χ0n) is 10.9. The molecule has 2 rings (SSSR count). The van der Waals surface area contributed by atoms with E-state index in [-0.39, 0.29) is 5.91 Å². The summed E-state index contributed by atoms with van der Waals surface area (Å²) < 4.78 is 0. The van der Waals surface area contributed by atoms with Crippen LogP contribution in [0.2, 0.25) is 0 Å². The minimum atomic E-state index is -0.631. The number of rotatable bonds is 1. The van der Waals surface area contributed by atoms with Crippen molar-refractivity contribution >= 4 is 11.6 Å². The van der Waals surface area contributed by atoms with Gasteiger partial charge in [-0.05, 0) is 50.5 Å². The predicted molar refractivity (Wildman–Crippen MR) is 71.4 cm³/mol. The van der Waals surface area contributed by atoms with Gasteiger partial charge in [-0.3, -0.25) is 4.79 Å². The minimum absolute atomic E-state index is 0.0219. The number of hydrogen-bond acceptors (Lipinski definition) is 3. The molecular formula is C14H20N2O2. The summed E-state index contributed by atoms with van der Waals surface area (Å²) in [6, 6.07) is 5.35. The standard InChI is InChI=1S/C14H20N2O2/c1-10-9-11(3-4-12(10)15)13(17)16-7-5-14(2,18)6-8-16/h3-4,9,18H,5-8,15H2,1-2H3. The molecule has 1 aliphatic heterocycles. The van der Waals surface area contributed by atoms with Gasteiger partial charge in [0, 0.05) is 24.3 Å². The summed E-state index contributed by atoms with van der Waals surface area (Å²) >= 11 is 0. The monoisotopic (exact) mass is 248 g/mol. The summed E-state index contributed by atoms with van der Waals surface area (Å²) in [6.45, 7) is 4.93. The highest BCUT2D eigenvalue weighted by atomic mass is 16.3. The van der Waals surface area contributed by atoms with E-state index in [1.807, 2.05) is 19.9 Å². The summed E-state index contributed by atoms with van der Waals surface area (Å²) in [5, 5.41) is 9.87. The van der Waals surface area contributed by atoms with Gasteiger partial charge in [-0.15, -0.1) is 0 Å². The molecule has 0 aliphatic carbocycles. The Kier molecular flexibility index (Phi) is 3.30. The number of aliphatic hydroxyl groups is 1.